The van der Waals surface area contributed by atoms with E-state index in [4.69, 9.17) is 9.47 Å². The van der Waals surface area contributed by atoms with Gasteiger partial charge in [-0.05, 0) is 112 Å². The van der Waals surface area contributed by atoms with Crippen LogP contribution in [0.4, 0.5) is 4.39 Å². The van der Waals surface area contributed by atoms with Crippen molar-refractivity contribution in [2.75, 3.05) is 14.2 Å². The SMILES string of the molecule is COc1cccc2c1c(OC)cc1c3c(ccc12)C(CCc1ccc(Br)cc1F)CCC3.c1ccc2cnccc2c1. The molecule has 5 heteroatoms. The fraction of sp³-hybridized carbons (Fsp3) is 0.216. The van der Waals surface area contributed by atoms with Crippen LogP contribution in [0.1, 0.15) is 41.9 Å². The highest BCUT2D eigenvalue weighted by atomic mass is 79.9. The molecule has 3 nitrogen and oxygen atoms in total. The number of rotatable bonds is 5. The maximum Gasteiger partial charge on any atom is 0.131 e. The number of ether oxygens (including phenoxy) is 2. The molecule has 1 aliphatic carbocycles. The number of halogens is 2. The van der Waals surface area contributed by atoms with Crippen molar-refractivity contribution in [2.45, 2.75) is 38.0 Å². The second kappa shape index (κ2) is 12.5. The first kappa shape index (κ1) is 28.2. The Kier molecular flexibility index (Phi) is 8.38. The van der Waals surface area contributed by atoms with Crippen molar-refractivity contribution in [3.05, 3.63) is 124 Å². The van der Waals surface area contributed by atoms with E-state index in [1.807, 2.05) is 54.9 Å². The van der Waals surface area contributed by atoms with Gasteiger partial charge in [0.1, 0.15) is 17.3 Å². The number of fused-ring (bicyclic) bond motifs is 6. The van der Waals surface area contributed by atoms with Crippen molar-refractivity contribution >= 4 is 48.2 Å². The number of aryl methyl sites for hydroxylation is 2. The van der Waals surface area contributed by atoms with Crippen LogP contribution in [-0.2, 0) is 12.8 Å². The molecule has 1 aliphatic rings. The fourth-order valence-electron chi connectivity index (χ4n) is 6.35. The van der Waals surface area contributed by atoms with Gasteiger partial charge in [0, 0.05) is 16.9 Å². The summed E-state index contributed by atoms with van der Waals surface area (Å²) in [7, 11) is 3.42. The topological polar surface area (TPSA) is 31.4 Å². The lowest BCUT2D eigenvalue weighted by atomic mass is 9.77. The summed E-state index contributed by atoms with van der Waals surface area (Å²) in [6, 6.07) is 28.5. The van der Waals surface area contributed by atoms with E-state index >= 15 is 0 Å². The number of hydrogen-bond acceptors (Lipinski definition) is 3. The molecule has 212 valence electrons. The van der Waals surface area contributed by atoms with E-state index in [9.17, 15) is 4.39 Å². The summed E-state index contributed by atoms with van der Waals surface area (Å²) < 4.78 is 26.6. The zero-order valence-corrected chi connectivity index (χ0v) is 25.5. The molecule has 0 saturated carbocycles. The predicted octanol–water partition coefficient (Wildman–Crippen LogP) is 10.2. The van der Waals surface area contributed by atoms with Gasteiger partial charge in [-0.25, -0.2) is 4.39 Å². The Hall–Kier alpha value is -3.96. The van der Waals surface area contributed by atoms with E-state index in [0.29, 0.717) is 5.92 Å². The maximum absolute atomic E-state index is 14.3. The number of pyridine rings is 1. The standard InChI is InChI=1S/C28H26BrFO2.C9H7N/c1-31-26-8-4-7-23-22-14-13-20-17(9-10-18-11-12-19(29)15-25(18)30)5-3-6-21(20)24(22)16-27(32-2)28(23)26;1-2-4-9-7-10-6-5-8(9)3-1/h4,7-8,11-17H,3,5-6,9-10H2,1-2H3;1-7H. The van der Waals surface area contributed by atoms with Gasteiger partial charge in [0.15, 0.2) is 0 Å². The van der Waals surface area contributed by atoms with Crippen LogP contribution >= 0.6 is 15.9 Å². The minimum absolute atomic E-state index is 0.126. The molecule has 0 N–H and O–H groups in total. The minimum Gasteiger partial charge on any atom is -0.496 e. The molecule has 7 rings (SSSR count). The van der Waals surface area contributed by atoms with Gasteiger partial charge in [0.05, 0.1) is 19.6 Å². The molecule has 0 aliphatic heterocycles. The average molecular weight is 623 g/mol. The van der Waals surface area contributed by atoms with E-state index < -0.39 is 0 Å². The van der Waals surface area contributed by atoms with Crippen molar-refractivity contribution in [3.8, 4) is 11.5 Å². The third-order valence-corrected chi connectivity index (χ3v) is 8.91. The quantitative estimate of drug-likeness (QED) is 0.179. The molecule has 0 amide bonds. The molecule has 1 atom stereocenters. The van der Waals surface area contributed by atoms with Crippen LogP contribution in [-0.4, -0.2) is 19.2 Å². The van der Waals surface area contributed by atoms with Gasteiger partial charge in [-0.15, -0.1) is 0 Å². The molecular formula is C37H33BrFNO2. The summed E-state index contributed by atoms with van der Waals surface area (Å²) in [5.41, 5.74) is 3.62. The molecule has 0 radical (unpaired) electrons. The molecule has 42 heavy (non-hydrogen) atoms. The summed E-state index contributed by atoms with van der Waals surface area (Å²) in [5, 5.41) is 7.11. The first-order valence-corrected chi connectivity index (χ1v) is 15.2. The zero-order valence-electron chi connectivity index (χ0n) is 23.9. The summed E-state index contributed by atoms with van der Waals surface area (Å²) in [4.78, 5) is 4.01. The molecule has 1 unspecified atom stereocenters. The Morgan fingerprint density at radius 1 is 0.833 bits per heavy atom. The molecule has 0 spiro atoms. The third-order valence-electron chi connectivity index (χ3n) is 8.42. The third kappa shape index (κ3) is 5.58. The predicted molar refractivity (Wildman–Crippen MR) is 174 cm³/mol. The molecule has 0 bridgehead atoms. The summed E-state index contributed by atoms with van der Waals surface area (Å²) in [6.07, 6.45) is 8.74. The smallest absolute Gasteiger partial charge is 0.131 e. The van der Waals surface area contributed by atoms with E-state index in [1.165, 1.54) is 32.7 Å². The monoisotopic (exact) mass is 621 g/mol. The van der Waals surface area contributed by atoms with Gasteiger partial charge < -0.3 is 9.47 Å². The van der Waals surface area contributed by atoms with Crippen LogP contribution in [0, 0.1) is 5.82 Å². The fourth-order valence-corrected chi connectivity index (χ4v) is 6.68. The highest BCUT2D eigenvalue weighted by Gasteiger charge is 2.24. The molecule has 1 aromatic heterocycles. The number of hydrogen-bond donors (Lipinski definition) is 0. The maximum atomic E-state index is 14.3. The first-order chi connectivity index (χ1) is 20.6. The van der Waals surface area contributed by atoms with Crippen molar-refractivity contribution in [2.24, 2.45) is 0 Å². The normalized spacial score (nSPS) is 14.3. The Morgan fingerprint density at radius 3 is 2.45 bits per heavy atom. The largest absolute Gasteiger partial charge is 0.496 e. The van der Waals surface area contributed by atoms with E-state index in [0.717, 1.165) is 64.4 Å². The molecule has 0 fully saturated rings. The molecule has 6 aromatic rings. The van der Waals surface area contributed by atoms with Gasteiger partial charge in [0.2, 0.25) is 0 Å². The average Bonchev–Trinajstić information content (AvgIpc) is 3.03. The zero-order chi connectivity index (χ0) is 29.1. The van der Waals surface area contributed by atoms with Crippen molar-refractivity contribution in [1.29, 1.82) is 0 Å². The molecule has 5 aromatic carbocycles. The molecule has 1 heterocycles. The lowest BCUT2D eigenvalue weighted by molar-refractivity contribution is 0.405. The van der Waals surface area contributed by atoms with Crippen LogP contribution < -0.4 is 9.47 Å². The molecule has 0 saturated heterocycles. The van der Waals surface area contributed by atoms with Crippen LogP contribution in [0.15, 0.2) is 102 Å². The second-order valence-electron chi connectivity index (χ2n) is 10.8. The number of methoxy groups -OCH3 is 2. The van der Waals surface area contributed by atoms with Gasteiger partial charge >= 0.3 is 0 Å². The first-order valence-electron chi connectivity index (χ1n) is 14.4. The van der Waals surface area contributed by atoms with Crippen molar-refractivity contribution in [1.82, 2.24) is 4.98 Å². The minimum atomic E-state index is -0.126. The van der Waals surface area contributed by atoms with E-state index in [2.05, 4.69) is 57.3 Å². The second-order valence-corrected chi connectivity index (χ2v) is 11.7. The summed E-state index contributed by atoms with van der Waals surface area (Å²) in [5.74, 6) is 1.99. The van der Waals surface area contributed by atoms with Gasteiger partial charge in [-0.2, -0.15) is 0 Å². The summed E-state index contributed by atoms with van der Waals surface area (Å²) >= 11 is 3.35. The van der Waals surface area contributed by atoms with Crippen LogP contribution in [0.3, 0.4) is 0 Å². The van der Waals surface area contributed by atoms with Gasteiger partial charge in [0.25, 0.3) is 0 Å². The van der Waals surface area contributed by atoms with E-state index in [1.54, 1.807) is 20.3 Å². The Bertz CT molecular complexity index is 1820. The highest BCUT2D eigenvalue weighted by molar-refractivity contribution is 9.10. The molecular weight excluding hydrogens is 589 g/mol. The lowest BCUT2D eigenvalue weighted by Gasteiger charge is -2.27. The van der Waals surface area contributed by atoms with Crippen molar-refractivity contribution < 1.29 is 13.9 Å². The van der Waals surface area contributed by atoms with Gasteiger partial charge in [-0.1, -0.05) is 70.5 Å². The Morgan fingerprint density at radius 2 is 1.67 bits per heavy atom. The van der Waals surface area contributed by atoms with Crippen LogP contribution in [0.25, 0.3) is 32.3 Å². The number of aromatic nitrogens is 1. The Labute approximate surface area is 254 Å². The van der Waals surface area contributed by atoms with Gasteiger partial charge in [-0.3, -0.25) is 4.98 Å². The van der Waals surface area contributed by atoms with Crippen LogP contribution in [0.2, 0.25) is 0 Å². The number of benzene rings is 5. The van der Waals surface area contributed by atoms with Crippen molar-refractivity contribution in [3.63, 3.8) is 0 Å². The number of nitrogens with zero attached hydrogens (tertiary/aromatic N) is 1. The highest BCUT2D eigenvalue weighted by Crippen LogP contribution is 2.44. The summed E-state index contributed by atoms with van der Waals surface area (Å²) in [6.45, 7) is 0. The van der Waals surface area contributed by atoms with Crippen LogP contribution in [0.5, 0.6) is 11.5 Å². The van der Waals surface area contributed by atoms with E-state index in [-0.39, 0.29) is 5.82 Å². The Balaban J connectivity index is 0.000000265. The lowest BCUT2D eigenvalue weighted by Crippen LogP contribution is -2.12.